The summed E-state index contributed by atoms with van der Waals surface area (Å²) < 4.78 is 4.82. The normalized spacial score (nSPS) is 11.4. The Kier molecular flexibility index (Phi) is 7.30. The maximum absolute atomic E-state index is 4.82. The van der Waals surface area contributed by atoms with E-state index in [9.17, 15) is 0 Å². The second kappa shape index (κ2) is 9.45. The van der Waals surface area contributed by atoms with Crippen LogP contribution in [-0.4, -0.2) is 29.7 Å². The Morgan fingerprint density at radius 2 is 2.12 bits per heavy atom. The molecule has 0 unspecified atom stereocenters. The first-order valence-electron chi connectivity index (χ1n) is 8.23. The molecule has 0 spiro atoms. The summed E-state index contributed by atoms with van der Waals surface area (Å²) in [5.41, 5.74) is 4.78. The first-order valence-corrected chi connectivity index (χ1v) is 8.23. The van der Waals surface area contributed by atoms with Crippen molar-refractivity contribution in [1.29, 1.82) is 0 Å². The van der Waals surface area contributed by atoms with Crippen molar-refractivity contribution in [1.82, 2.24) is 20.8 Å². The number of guanidine groups is 1. The summed E-state index contributed by atoms with van der Waals surface area (Å²) in [7, 11) is 1.76. The summed E-state index contributed by atoms with van der Waals surface area (Å²) >= 11 is 0. The summed E-state index contributed by atoms with van der Waals surface area (Å²) in [4.78, 5) is 7.64. The maximum atomic E-state index is 4.82. The molecule has 2 heterocycles. The van der Waals surface area contributed by atoms with Crippen LogP contribution in [0.4, 0.5) is 0 Å². The molecule has 2 aromatic heterocycles. The van der Waals surface area contributed by atoms with E-state index < -0.39 is 0 Å². The van der Waals surface area contributed by atoms with E-state index in [-0.39, 0.29) is 24.0 Å². The summed E-state index contributed by atoms with van der Waals surface area (Å²) in [6.45, 7) is 3.58. The molecule has 0 saturated heterocycles. The molecule has 3 aromatic rings. The number of hydrogen-bond acceptors (Lipinski definition) is 3. The number of nitrogens with one attached hydrogen (secondary N) is 3. The standard InChI is InChI=1S/C18H23N5O.HI/c1-3-13-5-4-6-16-14(11-21-17(13)16)7-9-20-18(19-2)22-12-15-8-10-24-23-15;/h4-6,8,10-11,21H,3,7,9,12H2,1-2H3,(H2,19,20,22);1H. The Balaban J connectivity index is 0.00000225. The van der Waals surface area contributed by atoms with Crippen molar-refractivity contribution in [2.24, 2.45) is 4.99 Å². The minimum atomic E-state index is 0. The lowest BCUT2D eigenvalue weighted by Crippen LogP contribution is -2.37. The van der Waals surface area contributed by atoms with E-state index in [0.29, 0.717) is 6.54 Å². The number of nitrogens with zero attached hydrogens (tertiary/aromatic N) is 2. The monoisotopic (exact) mass is 453 g/mol. The largest absolute Gasteiger partial charge is 0.364 e. The van der Waals surface area contributed by atoms with Crippen LogP contribution in [0.2, 0.25) is 0 Å². The fourth-order valence-corrected chi connectivity index (χ4v) is 2.82. The summed E-state index contributed by atoms with van der Waals surface area (Å²) in [6.07, 6.45) is 5.64. The van der Waals surface area contributed by atoms with Crippen molar-refractivity contribution < 1.29 is 4.52 Å². The van der Waals surface area contributed by atoms with Crippen molar-refractivity contribution in [2.45, 2.75) is 26.3 Å². The molecule has 3 N–H and O–H groups in total. The van der Waals surface area contributed by atoms with Gasteiger partial charge in [0.2, 0.25) is 0 Å². The van der Waals surface area contributed by atoms with Crippen LogP contribution in [0.5, 0.6) is 0 Å². The number of benzene rings is 1. The average molecular weight is 453 g/mol. The van der Waals surface area contributed by atoms with E-state index in [1.165, 1.54) is 22.0 Å². The molecule has 0 saturated carbocycles. The van der Waals surface area contributed by atoms with E-state index in [4.69, 9.17) is 4.52 Å². The first-order chi connectivity index (χ1) is 11.8. The van der Waals surface area contributed by atoms with E-state index in [1.807, 2.05) is 6.07 Å². The zero-order valence-electron chi connectivity index (χ0n) is 14.5. The number of aliphatic imine (C=N–C) groups is 1. The molecular weight excluding hydrogens is 429 g/mol. The number of hydrogen-bond donors (Lipinski definition) is 3. The molecule has 0 aliphatic rings. The van der Waals surface area contributed by atoms with Gasteiger partial charge in [0.25, 0.3) is 0 Å². The second-order valence-corrected chi connectivity index (χ2v) is 5.60. The van der Waals surface area contributed by atoms with Gasteiger partial charge in [0, 0.05) is 36.8 Å². The smallest absolute Gasteiger partial charge is 0.191 e. The lowest BCUT2D eigenvalue weighted by molar-refractivity contribution is 0.410. The molecule has 1 aromatic carbocycles. The molecule has 0 atom stereocenters. The fraction of sp³-hybridized carbons (Fsp3) is 0.333. The molecule has 0 fully saturated rings. The van der Waals surface area contributed by atoms with Gasteiger partial charge >= 0.3 is 0 Å². The third-order valence-corrected chi connectivity index (χ3v) is 4.11. The molecule has 0 bridgehead atoms. The van der Waals surface area contributed by atoms with E-state index in [0.717, 1.165) is 31.0 Å². The highest BCUT2D eigenvalue weighted by molar-refractivity contribution is 14.0. The van der Waals surface area contributed by atoms with Crippen LogP contribution in [0.25, 0.3) is 10.9 Å². The quantitative estimate of drug-likeness (QED) is 0.304. The number of para-hydroxylation sites is 1. The fourth-order valence-electron chi connectivity index (χ4n) is 2.82. The Morgan fingerprint density at radius 1 is 1.24 bits per heavy atom. The number of H-pyrrole nitrogens is 1. The highest BCUT2D eigenvalue weighted by Crippen LogP contribution is 2.22. The summed E-state index contributed by atoms with van der Waals surface area (Å²) in [5.74, 6) is 0.757. The van der Waals surface area contributed by atoms with Crippen LogP contribution in [0, 0.1) is 0 Å². The van der Waals surface area contributed by atoms with E-state index in [1.54, 1.807) is 13.3 Å². The van der Waals surface area contributed by atoms with Gasteiger partial charge in [0.1, 0.15) is 12.0 Å². The average Bonchev–Trinajstić information content (AvgIpc) is 3.27. The van der Waals surface area contributed by atoms with Gasteiger partial charge < -0.3 is 20.1 Å². The lowest BCUT2D eigenvalue weighted by Gasteiger charge is -2.10. The lowest BCUT2D eigenvalue weighted by atomic mass is 10.1. The maximum Gasteiger partial charge on any atom is 0.191 e. The van der Waals surface area contributed by atoms with Crippen molar-refractivity contribution in [2.75, 3.05) is 13.6 Å². The van der Waals surface area contributed by atoms with Crippen LogP contribution in [0.3, 0.4) is 0 Å². The highest BCUT2D eigenvalue weighted by Gasteiger charge is 2.07. The van der Waals surface area contributed by atoms with Crippen molar-refractivity contribution in [3.05, 3.63) is 53.5 Å². The highest BCUT2D eigenvalue weighted by atomic mass is 127. The molecule has 3 rings (SSSR count). The Bertz CT molecular complexity index is 810. The van der Waals surface area contributed by atoms with Crippen LogP contribution >= 0.6 is 24.0 Å². The molecule has 0 radical (unpaired) electrons. The number of aromatic nitrogens is 2. The predicted molar refractivity (Wildman–Crippen MR) is 112 cm³/mol. The topological polar surface area (TPSA) is 78.2 Å². The van der Waals surface area contributed by atoms with Crippen molar-refractivity contribution >= 4 is 40.8 Å². The number of aryl methyl sites for hydroxylation is 1. The SMILES string of the molecule is CCc1cccc2c(CCNC(=NC)NCc3ccon3)c[nH]c12.I. The molecule has 6 nitrogen and oxygen atoms in total. The molecule has 25 heavy (non-hydrogen) atoms. The molecule has 134 valence electrons. The van der Waals surface area contributed by atoms with Gasteiger partial charge in [-0.25, -0.2) is 0 Å². The Hall–Kier alpha value is -2.03. The molecule has 0 aliphatic carbocycles. The second-order valence-electron chi connectivity index (χ2n) is 5.60. The van der Waals surface area contributed by atoms with Crippen LogP contribution in [0.15, 0.2) is 46.2 Å². The molecule has 0 aliphatic heterocycles. The Labute approximate surface area is 164 Å². The Morgan fingerprint density at radius 3 is 2.84 bits per heavy atom. The molecule has 7 heteroatoms. The van der Waals surface area contributed by atoms with Crippen LogP contribution in [-0.2, 0) is 19.4 Å². The first kappa shape index (κ1) is 19.3. The zero-order valence-corrected chi connectivity index (χ0v) is 16.8. The zero-order chi connectivity index (χ0) is 16.8. The van der Waals surface area contributed by atoms with Gasteiger partial charge in [-0.15, -0.1) is 24.0 Å². The minimum Gasteiger partial charge on any atom is -0.364 e. The van der Waals surface area contributed by atoms with E-state index in [2.05, 4.69) is 57.1 Å². The van der Waals surface area contributed by atoms with Gasteiger partial charge in [0.05, 0.1) is 6.54 Å². The molecule has 0 amide bonds. The number of fused-ring (bicyclic) bond motifs is 1. The predicted octanol–water partition coefficient (Wildman–Crippen LogP) is 3.24. The third kappa shape index (κ3) is 4.75. The van der Waals surface area contributed by atoms with E-state index >= 15 is 0 Å². The van der Waals surface area contributed by atoms with Gasteiger partial charge in [-0.05, 0) is 24.0 Å². The number of rotatable bonds is 6. The van der Waals surface area contributed by atoms with Gasteiger partial charge in [-0.2, -0.15) is 0 Å². The number of aromatic amines is 1. The summed E-state index contributed by atoms with van der Waals surface area (Å²) in [5, 5.41) is 11.7. The van der Waals surface area contributed by atoms with Crippen LogP contribution in [0.1, 0.15) is 23.7 Å². The summed E-state index contributed by atoms with van der Waals surface area (Å²) in [6, 6.07) is 8.32. The van der Waals surface area contributed by atoms with Gasteiger partial charge in [0.15, 0.2) is 5.96 Å². The van der Waals surface area contributed by atoms with Crippen molar-refractivity contribution in [3.8, 4) is 0 Å². The van der Waals surface area contributed by atoms with Crippen molar-refractivity contribution in [3.63, 3.8) is 0 Å². The van der Waals surface area contributed by atoms with Gasteiger partial charge in [-0.3, -0.25) is 4.99 Å². The third-order valence-electron chi connectivity index (χ3n) is 4.11. The molecular formula is C18H24IN5O. The van der Waals surface area contributed by atoms with Crippen LogP contribution < -0.4 is 10.6 Å². The van der Waals surface area contributed by atoms with Gasteiger partial charge in [-0.1, -0.05) is 30.3 Å². The number of halogens is 1. The minimum absolute atomic E-state index is 0.